The molecule has 0 spiro atoms. The predicted octanol–water partition coefficient (Wildman–Crippen LogP) is 1.30. The number of benzene rings is 1. The highest BCUT2D eigenvalue weighted by atomic mass is 32.2. The summed E-state index contributed by atoms with van der Waals surface area (Å²) < 4.78 is 34.8. The molecule has 2 aromatic heterocycles. The minimum atomic E-state index is -3.58. The number of hydrogen-bond donors (Lipinski definition) is 2. The molecule has 3 aromatic rings. The molecule has 0 saturated heterocycles. The lowest BCUT2D eigenvalue weighted by molar-refractivity contribution is 0.356. The quantitative estimate of drug-likeness (QED) is 0.575. The SMILES string of the molecule is Cc1nccn1-c1cc(NCCNS(=O)(=O)c2ccc3c(c2)CCO3)ncn1. The second kappa shape index (κ2) is 7.56. The van der Waals surface area contributed by atoms with Crippen LogP contribution in [0, 0.1) is 6.92 Å². The summed E-state index contributed by atoms with van der Waals surface area (Å²) in [5, 5.41) is 3.10. The van der Waals surface area contributed by atoms with E-state index in [0.29, 0.717) is 24.8 Å². The Morgan fingerprint density at radius 3 is 2.89 bits per heavy atom. The van der Waals surface area contributed by atoms with Crippen LogP contribution in [-0.4, -0.2) is 47.6 Å². The molecule has 1 aliphatic rings. The zero-order valence-electron chi connectivity index (χ0n) is 15.3. The molecule has 2 N–H and O–H groups in total. The molecule has 0 aliphatic carbocycles. The molecule has 9 nitrogen and oxygen atoms in total. The zero-order valence-corrected chi connectivity index (χ0v) is 16.1. The third-order valence-corrected chi connectivity index (χ3v) is 5.88. The molecule has 0 fully saturated rings. The van der Waals surface area contributed by atoms with E-state index >= 15 is 0 Å². The molecular weight excluding hydrogens is 380 g/mol. The van der Waals surface area contributed by atoms with Crippen LogP contribution in [0.15, 0.2) is 47.9 Å². The van der Waals surface area contributed by atoms with Crippen molar-refractivity contribution in [3.63, 3.8) is 0 Å². The van der Waals surface area contributed by atoms with E-state index < -0.39 is 10.0 Å². The van der Waals surface area contributed by atoms with Crippen LogP contribution in [-0.2, 0) is 16.4 Å². The van der Waals surface area contributed by atoms with Gasteiger partial charge in [0, 0.05) is 38.0 Å². The highest BCUT2D eigenvalue weighted by Crippen LogP contribution is 2.27. The van der Waals surface area contributed by atoms with Crippen molar-refractivity contribution in [1.82, 2.24) is 24.2 Å². The van der Waals surface area contributed by atoms with Crippen LogP contribution >= 0.6 is 0 Å². The number of aryl methyl sites for hydroxylation is 1. The Labute approximate surface area is 162 Å². The smallest absolute Gasteiger partial charge is 0.240 e. The molecule has 146 valence electrons. The van der Waals surface area contributed by atoms with E-state index in [4.69, 9.17) is 4.74 Å². The lowest BCUT2D eigenvalue weighted by Crippen LogP contribution is -2.29. The first-order chi connectivity index (χ1) is 13.5. The molecule has 28 heavy (non-hydrogen) atoms. The average Bonchev–Trinajstić information content (AvgIpc) is 3.33. The molecule has 4 rings (SSSR count). The van der Waals surface area contributed by atoms with Gasteiger partial charge >= 0.3 is 0 Å². The Bertz CT molecular complexity index is 1100. The first kappa shape index (κ1) is 18.4. The van der Waals surface area contributed by atoms with Gasteiger partial charge in [-0.05, 0) is 30.7 Å². The number of rotatable bonds is 7. The van der Waals surface area contributed by atoms with E-state index in [-0.39, 0.29) is 11.4 Å². The van der Waals surface area contributed by atoms with Gasteiger partial charge in [-0.2, -0.15) is 0 Å². The summed E-state index contributed by atoms with van der Waals surface area (Å²) in [6.45, 7) is 3.08. The summed E-state index contributed by atoms with van der Waals surface area (Å²) in [6.07, 6.45) is 5.70. The van der Waals surface area contributed by atoms with E-state index in [9.17, 15) is 8.42 Å². The Morgan fingerprint density at radius 1 is 1.18 bits per heavy atom. The molecule has 3 heterocycles. The standard InChI is InChI=1S/C18H20N6O3S/c1-13-19-7-8-24(13)18-11-17(21-12-22-18)20-5-6-23-28(25,26)15-2-3-16-14(10-15)4-9-27-16/h2-3,7-8,10-12,23H,4-6,9H2,1H3,(H,20,21,22). The zero-order chi connectivity index (χ0) is 19.6. The summed E-state index contributed by atoms with van der Waals surface area (Å²) in [4.78, 5) is 12.8. The number of nitrogens with one attached hydrogen (secondary N) is 2. The topological polar surface area (TPSA) is 111 Å². The number of sulfonamides is 1. The van der Waals surface area contributed by atoms with Gasteiger partial charge in [0.1, 0.15) is 29.5 Å². The van der Waals surface area contributed by atoms with Crippen molar-refractivity contribution in [2.24, 2.45) is 0 Å². The monoisotopic (exact) mass is 400 g/mol. The highest BCUT2D eigenvalue weighted by molar-refractivity contribution is 7.89. The molecule has 0 unspecified atom stereocenters. The van der Waals surface area contributed by atoms with Crippen LogP contribution in [0.25, 0.3) is 5.82 Å². The van der Waals surface area contributed by atoms with Gasteiger partial charge in [0.05, 0.1) is 11.5 Å². The fourth-order valence-corrected chi connectivity index (χ4v) is 4.07. The van der Waals surface area contributed by atoms with Crippen molar-refractivity contribution in [3.8, 4) is 11.6 Å². The van der Waals surface area contributed by atoms with Crippen molar-refractivity contribution in [1.29, 1.82) is 0 Å². The van der Waals surface area contributed by atoms with Crippen LogP contribution in [0.2, 0.25) is 0 Å². The maximum absolute atomic E-state index is 12.5. The number of imidazole rings is 1. The normalized spacial score (nSPS) is 13.2. The lowest BCUT2D eigenvalue weighted by Gasteiger charge is -2.10. The number of aromatic nitrogens is 4. The number of hydrogen-bond acceptors (Lipinski definition) is 7. The summed E-state index contributed by atoms with van der Waals surface area (Å²) in [6, 6.07) is 6.71. The third-order valence-electron chi connectivity index (χ3n) is 4.42. The van der Waals surface area contributed by atoms with E-state index in [1.807, 2.05) is 17.7 Å². The molecule has 0 atom stereocenters. The number of ether oxygens (including phenoxy) is 1. The summed E-state index contributed by atoms with van der Waals surface area (Å²) >= 11 is 0. The van der Waals surface area contributed by atoms with Crippen molar-refractivity contribution >= 4 is 15.8 Å². The van der Waals surface area contributed by atoms with Crippen molar-refractivity contribution < 1.29 is 13.2 Å². The van der Waals surface area contributed by atoms with Gasteiger partial charge in [0.25, 0.3) is 0 Å². The van der Waals surface area contributed by atoms with Crippen LogP contribution in [0.1, 0.15) is 11.4 Å². The molecule has 0 amide bonds. The number of fused-ring (bicyclic) bond motifs is 1. The third kappa shape index (κ3) is 3.82. The van der Waals surface area contributed by atoms with Gasteiger partial charge in [-0.25, -0.2) is 28.1 Å². The fraction of sp³-hybridized carbons (Fsp3) is 0.278. The Morgan fingerprint density at radius 2 is 2.07 bits per heavy atom. The molecular formula is C18H20N6O3S. The highest BCUT2D eigenvalue weighted by Gasteiger charge is 2.18. The van der Waals surface area contributed by atoms with Crippen LogP contribution in [0.4, 0.5) is 5.82 Å². The van der Waals surface area contributed by atoms with Gasteiger partial charge in [0.15, 0.2) is 0 Å². The molecule has 0 radical (unpaired) electrons. The Hall–Kier alpha value is -2.98. The van der Waals surface area contributed by atoms with Crippen LogP contribution in [0.3, 0.4) is 0 Å². The minimum absolute atomic E-state index is 0.222. The maximum Gasteiger partial charge on any atom is 0.240 e. The number of nitrogens with zero attached hydrogens (tertiary/aromatic N) is 4. The first-order valence-corrected chi connectivity index (χ1v) is 10.3. The van der Waals surface area contributed by atoms with Crippen LogP contribution in [0.5, 0.6) is 5.75 Å². The minimum Gasteiger partial charge on any atom is -0.493 e. The Balaban J connectivity index is 1.35. The Kier molecular flexibility index (Phi) is 4.97. The van der Waals surface area contributed by atoms with Gasteiger partial charge < -0.3 is 10.1 Å². The van der Waals surface area contributed by atoms with Gasteiger partial charge in [-0.3, -0.25) is 4.57 Å². The summed E-state index contributed by atoms with van der Waals surface area (Å²) in [7, 11) is -3.58. The molecule has 0 bridgehead atoms. The molecule has 1 aromatic carbocycles. The van der Waals surface area contributed by atoms with E-state index in [0.717, 1.165) is 23.6 Å². The van der Waals surface area contributed by atoms with Gasteiger partial charge in [-0.15, -0.1) is 0 Å². The van der Waals surface area contributed by atoms with Gasteiger partial charge in [-0.1, -0.05) is 0 Å². The van der Waals surface area contributed by atoms with E-state index in [1.54, 1.807) is 30.5 Å². The fourth-order valence-electron chi connectivity index (χ4n) is 2.98. The van der Waals surface area contributed by atoms with Crippen LogP contribution < -0.4 is 14.8 Å². The molecule has 10 heteroatoms. The maximum atomic E-state index is 12.5. The van der Waals surface area contributed by atoms with Crippen molar-refractivity contribution in [3.05, 3.63) is 54.4 Å². The van der Waals surface area contributed by atoms with E-state index in [1.165, 1.54) is 6.33 Å². The first-order valence-electron chi connectivity index (χ1n) is 8.84. The second-order valence-electron chi connectivity index (χ2n) is 6.30. The average molecular weight is 400 g/mol. The summed E-state index contributed by atoms with van der Waals surface area (Å²) in [5.41, 5.74) is 0.921. The van der Waals surface area contributed by atoms with Gasteiger partial charge in [0.2, 0.25) is 10.0 Å². The van der Waals surface area contributed by atoms with Crippen molar-refractivity contribution in [2.75, 3.05) is 25.0 Å². The number of anilines is 1. The summed E-state index contributed by atoms with van der Waals surface area (Å²) in [5.74, 6) is 2.87. The molecule has 0 saturated carbocycles. The van der Waals surface area contributed by atoms with Crippen molar-refractivity contribution in [2.45, 2.75) is 18.2 Å². The largest absolute Gasteiger partial charge is 0.493 e. The lowest BCUT2D eigenvalue weighted by atomic mass is 10.2. The molecule has 1 aliphatic heterocycles. The second-order valence-corrected chi connectivity index (χ2v) is 8.07. The predicted molar refractivity (Wildman–Crippen MR) is 103 cm³/mol. The van der Waals surface area contributed by atoms with E-state index in [2.05, 4.69) is 25.0 Å².